The van der Waals surface area contributed by atoms with Crippen LogP contribution in [0.1, 0.15) is 81.9 Å². The molecule has 0 N–H and O–H groups in total. The first-order chi connectivity index (χ1) is 22.1. The van der Waals surface area contributed by atoms with E-state index in [2.05, 4.69) is 43.9 Å². The normalized spacial score (nSPS) is 13.6. The van der Waals surface area contributed by atoms with Crippen LogP contribution in [0.2, 0.25) is 0 Å². The number of rotatable bonds is 19. The Morgan fingerprint density at radius 1 is 0.778 bits per heavy atom. The molecule has 0 saturated heterocycles. The number of ether oxygens (including phenoxy) is 3. The lowest BCUT2D eigenvalue weighted by molar-refractivity contribution is 0.205. The van der Waals surface area contributed by atoms with Gasteiger partial charge in [0.15, 0.2) is 11.7 Å². The molecule has 0 bridgehead atoms. The lowest BCUT2D eigenvalue weighted by Crippen LogP contribution is -2.26. The van der Waals surface area contributed by atoms with Crippen LogP contribution in [0.5, 0.6) is 11.5 Å². The summed E-state index contributed by atoms with van der Waals surface area (Å²) in [6.45, 7) is 9.60. The van der Waals surface area contributed by atoms with E-state index >= 15 is 0 Å². The Hall–Kier alpha value is -3.97. The second-order valence-electron chi connectivity index (χ2n) is 11.4. The number of amidine groups is 2. The van der Waals surface area contributed by atoms with Gasteiger partial charge in [-0.3, -0.25) is 0 Å². The van der Waals surface area contributed by atoms with Crippen molar-refractivity contribution in [1.82, 2.24) is 0 Å². The molecule has 240 valence electrons. The van der Waals surface area contributed by atoms with Gasteiger partial charge >= 0.3 is 0 Å². The standard InChI is InChI=1S/C38H50N4O3/c1-6-8-9-10-11-12-13-17-25-45-32-21-22-33(35(28-32)44-5)36-38(41-37(40-36)30-18-15-14-16-19-30)39-34-23-20-31(27-29(34)3)42(7-2)24-26-43-4/h14-16,18-23,27-28H,6-13,17,24-26H2,1-5H3. The monoisotopic (exact) mass is 610 g/mol. The fourth-order valence-electron chi connectivity index (χ4n) is 5.44. The highest BCUT2D eigenvalue weighted by Crippen LogP contribution is 2.31. The molecular formula is C38H50N4O3. The minimum Gasteiger partial charge on any atom is -0.496 e. The Morgan fingerprint density at radius 2 is 1.53 bits per heavy atom. The van der Waals surface area contributed by atoms with E-state index in [1.54, 1.807) is 14.2 Å². The summed E-state index contributed by atoms with van der Waals surface area (Å²) in [4.78, 5) is 17.2. The summed E-state index contributed by atoms with van der Waals surface area (Å²) in [5.74, 6) is 2.66. The van der Waals surface area contributed by atoms with Crippen LogP contribution in [0.15, 0.2) is 81.7 Å². The summed E-state index contributed by atoms with van der Waals surface area (Å²) < 4.78 is 17.3. The summed E-state index contributed by atoms with van der Waals surface area (Å²) in [5, 5.41) is 0. The molecule has 0 amide bonds. The highest BCUT2D eigenvalue weighted by atomic mass is 16.5. The maximum atomic E-state index is 6.11. The summed E-state index contributed by atoms with van der Waals surface area (Å²) in [7, 11) is 3.41. The SMILES string of the molecule is CCCCCCCCCCOc1ccc(C2=NC(c3ccccc3)=NC2=Nc2ccc(N(CC)CCOC)cc2C)c(OC)c1. The molecule has 0 atom stereocenters. The van der Waals surface area contributed by atoms with E-state index in [1.165, 1.54) is 44.9 Å². The Balaban J connectivity index is 1.54. The quantitative estimate of drug-likeness (QED) is 0.127. The number of aliphatic imine (C=N–C) groups is 3. The van der Waals surface area contributed by atoms with Crippen molar-refractivity contribution in [2.45, 2.75) is 72.1 Å². The number of hydrogen-bond acceptors (Lipinski definition) is 6. The van der Waals surface area contributed by atoms with Gasteiger partial charge in [0.05, 0.1) is 26.0 Å². The van der Waals surface area contributed by atoms with Gasteiger partial charge in [-0.2, -0.15) is 0 Å². The average Bonchev–Trinajstić information content (AvgIpc) is 3.49. The van der Waals surface area contributed by atoms with E-state index in [0.717, 1.165) is 53.3 Å². The molecule has 7 nitrogen and oxygen atoms in total. The van der Waals surface area contributed by atoms with Crippen molar-refractivity contribution < 1.29 is 14.2 Å². The van der Waals surface area contributed by atoms with Gasteiger partial charge in [0.2, 0.25) is 0 Å². The van der Waals surface area contributed by atoms with Crippen molar-refractivity contribution in [3.8, 4) is 11.5 Å². The number of likely N-dealkylation sites (N-methyl/N-ethyl adjacent to an activating group) is 1. The molecule has 7 heteroatoms. The molecule has 3 aromatic carbocycles. The topological polar surface area (TPSA) is 68.0 Å². The van der Waals surface area contributed by atoms with Gasteiger partial charge in [-0.1, -0.05) is 82.2 Å². The van der Waals surface area contributed by atoms with Crippen molar-refractivity contribution in [3.05, 3.63) is 83.4 Å². The second-order valence-corrected chi connectivity index (χ2v) is 11.4. The van der Waals surface area contributed by atoms with Gasteiger partial charge in [0.25, 0.3) is 0 Å². The van der Waals surface area contributed by atoms with E-state index in [1.807, 2.05) is 48.5 Å². The van der Waals surface area contributed by atoms with Crippen molar-refractivity contribution in [3.63, 3.8) is 0 Å². The maximum Gasteiger partial charge on any atom is 0.181 e. The molecule has 0 aliphatic carbocycles. The molecule has 0 aromatic heterocycles. The zero-order chi connectivity index (χ0) is 31.9. The zero-order valence-electron chi connectivity index (χ0n) is 27.8. The molecule has 3 aromatic rings. The predicted molar refractivity (Wildman–Crippen MR) is 189 cm³/mol. The zero-order valence-corrected chi connectivity index (χ0v) is 27.8. The molecule has 1 aliphatic rings. The van der Waals surface area contributed by atoms with Gasteiger partial charge < -0.3 is 19.1 Å². The average molecular weight is 611 g/mol. The predicted octanol–water partition coefficient (Wildman–Crippen LogP) is 8.98. The van der Waals surface area contributed by atoms with E-state index in [0.29, 0.717) is 36.3 Å². The minimum atomic E-state index is 0.558. The largest absolute Gasteiger partial charge is 0.496 e. The Kier molecular flexibility index (Phi) is 13.6. The van der Waals surface area contributed by atoms with Gasteiger partial charge in [0, 0.05) is 43.1 Å². The molecule has 4 rings (SSSR count). The highest BCUT2D eigenvalue weighted by molar-refractivity contribution is 6.54. The number of aryl methyl sites for hydroxylation is 1. The molecule has 0 saturated carbocycles. The number of hydrogen-bond donors (Lipinski definition) is 0. The van der Waals surface area contributed by atoms with Crippen LogP contribution < -0.4 is 14.4 Å². The van der Waals surface area contributed by atoms with Gasteiger partial charge in [-0.15, -0.1) is 0 Å². The number of methoxy groups -OCH3 is 2. The highest BCUT2D eigenvalue weighted by Gasteiger charge is 2.24. The lowest BCUT2D eigenvalue weighted by Gasteiger charge is -2.23. The third kappa shape index (κ3) is 9.76. The summed E-state index contributed by atoms with van der Waals surface area (Å²) in [6, 6.07) is 22.3. The van der Waals surface area contributed by atoms with Crippen molar-refractivity contribution in [2.75, 3.05) is 45.4 Å². The van der Waals surface area contributed by atoms with Gasteiger partial charge in [0.1, 0.15) is 17.2 Å². The van der Waals surface area contributed by atoms with Crippen LogP contribution in [0.4, 0.5) is 11.4 Å². The molecule has 1 aliphatic heterocycles. The number of benzene rings is 3. The first-order valence-electron chi connectivity index (χ1n) is 16.6. The Morgan fingerprint density at radius 3 is 2.22 bits per heavy atom. The van der Waals surface area contributed by atoms with Crippen LogP contribution in [0.3, 0.4) is 0 Å². The van der Waals surface area contributed by atoms with Crippen LogP contribution in [-0.2, 0) is 4.74 Å². The Labute approximate surface area is 270 Å². The maximum absolute atomic E-state index is 6.11. The molecule has 0 spiro atoms. The minimum absolute atomic E-state index is 0.558. The fraction of sp³-hybridized carbons (Fsp3) is 0.447. The molecule has 0 radical (unpaired) electrons. The third-order valence-electron chi connectivity index (χ3n) is 8.09. The van der Waals surface area contributed by atoms with E-state index in [-0.39, 0.29) is 0 Å². The summed E-state index contributed by atoms with van der Waals surface area (Å²) >= 11 is 0. The number of unbranched alkanes of at least 4 members (excludes halogenated alkanes) is 7. The Bertz CT molecular complexity index is 1450. The van der Waals surface area contributed by atoms with Crippen LogP contribution >= 0.6 is 0 Å². The fourth-order valence-corrected chi connectivity index (χ4v) is 5.44. The van der Waals surface area contributed by atoms with E-state index in [4.69, 9.17) is 29.2 Å². The third-order valence-corrected chi connectivity index (χ3v) is 8.09. The lowest BCUT2D eigenvalue weighted by atomic mass is 10.1. The summed E-state index contributed by atoms with van der Waals surface area (Å²) in [6.07, 6.45) is 10.2. The molecule has 1 heterocycles. The summed E-state index contributed by atoms with van der Waals surface area (Å²) in [5.41, 5.74) is 5.51. The first-order valence-corrected chi connectivity index (χ1v) is 16.6. The van der Waals surface area contributed by atoms with Crippen LogP contribution in [-0.4, -0.2) is 57.9 Å². The molecule has 45 heavy (non-hydrogen) atoms. The van der Waals surface area contributed by atoms with Crippen molar-refractivity contribution >= 4 is 28.8 Å². The van der Waals surface area contributed by atoms with Gasteiger partial charge in [-0.05, 0) is 56.2 Å². The molecular weight excluding hydrogens is 560 g/mol. The second kappa shape index (κ2) is 18.1. The van der Waals surface area contributed by atoms with E-state index in [9.17, 15) is 0 Å². The van der Waals surface area contributed by atoms with Crippen LogP contribution in [0, 0.1) is 6.92 Å². The van der Waals surface area contributed by atoms with Crippen molar-refractivity contribution in [1.29, 1.82) is 0 Å². The first kappa shape index (κ1) is 33.9. The van der Waals surface area contributed by atoms with Gasteiger partial charge in [-0.25, -0.2) is 15.0 Å². The number of nitrogens with zero attached hydrogens (tertiary/aromatic N) is 4. The van der Waals surface area contributed by atoms with Crippen molar-refractivity contribution in [2.24, 2.45) is 15.0 Å². The molecule has 0 fully saturated rings. The number of anilines is 1. The van der Waals surface area contributed by atoms with Crippen LogP contribution in [0.25, 0.3) is 0 Å². The smallest absolute Gasteiger partial charge is 0.181 e. The van der Waals surface area contributed by atoms with E-state index < -0.39 is 0 Å². The molecule has 0 unspecified atom stereocenters.